The van der Waals surface area contributed by atoms with Gasteiger partial charge in [-0.3, -0.25) is 9.98 Å². The van der Waals surface area contributed by atoms with E-state index in [4.69, 9.17) is 9.73 Å². The average Bonchev–Trinajstić information content (AvgIpc) is 3.11. The van der Waals surface area contributed by atoms with Gasteiger partial charge in [-0.25, -0.2) is 0 Å². The molecule has 0 amide bonds. The van der Waals surface area contributed by atoms with Crippen molar-refractivity contribution in [3.05, 3.63) is 59.9 Å². The Morgan fingerprint density at radius 2 is 2.00 bits per heavy atom. The molecule has 2 aliphatic heterocycles. The second-order valence-electron chi connectivity index (χ2n) is 5.88. The number of pyridine rings is 1. The molecule has 0 bridgehead atoms. The quantitative estimate of drug-likeness (QED) is 0.863. The van der Waals surface area contributed by atoms with Crippen LogP contribution in [-0.4, -0.2) is 34.0 Å². The number of ether oxygens (including phenoxy) is 1. The SMILES string of the molecule is COc1ccccc1[C@@H]1[C@@H](c2ccccn2)N=C2S[C@@H](C)CN21. The van der Waals surface area contributed by atoms with Gasteiger partial charge in [0.15, 0.2) is 5.17 Å². The number of fused-ring (bicyclic) bond motifs is 1. The van der Waals surface area contributed by atoms with Gasteiger partial charge in [-0.15, -0.1) is 0 Å². The fourth-order valence-corrected chi connectivity index (χ4v) is 4.46. The molecule has 0 N–H and O–H groups in total. The normalized spacial score (nSPS) is 26.1. The molecule has 2 aliphatic rings. The van der Waals surface area contributed by atoms with Gasteiger partial charge >= 0.3 is 0 Å². The maximum absolute atomic E-state index is 5.61. The fourth-order valence-electron chi connectivity index (χ4n) is 3.36. The molecule has 0 saturated carbocycles. The average molecular weight is 325 g/mol. The molecular formula is C18H19N3OS. The number of hydrogen-bond donors (Lipinski definition) is 0. The Balaban J connectivity index is 1.81. The summed E-state index contributed by atoms with van der Waals surface area (Å²) in [5, 5.41) is 1.69. The van der Waals surface area contributed by atoms with E-state index in [-0.39, 0.29) is 12.1 Å². The van der Waals surface area contributed by atoms with E-state index >= 15 is 0 Å². The molecule has 1 fully saturated rings. The number of methoxy groups -OCH3 is 1. The summed E-state index contributed by atoms with van der Waals surface area (Å²) in [5.74, 6) is 0.916. The van der Waals surface area contributed by atoms with Crippen LogP contribution in [0.2, 0.25) is 0 Å². The number of amidine groups is 1. The van der Waals surface area contributed by atoms with Crippen LogP contribution < -0.4 is 4.74 Å². The van der Waals surface area contributed by atoms with Gasteiger partial charge in [0.05, 0.1) is 18.8 Å². The van der Waals surface area contributed by atoms with E-state index in [9.17, 15) is 0 Å². The topological polar surface area (TPSA) is 37.7 Å². The minimum Gasteiger partial charge on any atom is -0.496 e. The molecule has 1 aromatic heterocycles. The van der Waals surface area contributed by atoms with Gasteiger partial charge in [-0.1, -0.05) is 43.0 Å². The molecule has 3 atom stereocenters. The summed E-state index contributed by atoms with van der Waals surface area (Å²) in [5.41, 5.74) is 2.19. The molecule has 5 heteroatoms. The Morgan fingerprint density at radius 3 is 2.78 bits per heavy atom. The molecule has 0 radical (unpaired) electrons. The zero-order valence-corrected chi connectivity index (χ0v) is 14.0. The standard InChI is InChI=1S/C18H19N3OS/c1-12-11-21-17(13-7-3-4-9-15(13)22-2)16(20-18(21)23-12)14-8-5-6-10-19-14/h3-10,12,16-17H,11H2,1-2H3/t12-,16+,17+/m0/s1. The van der Waals surface area contributed by atoms with Crippen LogP contribution in [0, 0.1) is 0 Å². The molecule has 0 spiro atoms. The molecule has 2 aromatic rings. The Morgan fingerprint density at radius 1 is 1.17 bits per heavy atom. The number of rotatable bonds is 3. The van der Waals surface area contributed by atoms with Crippen molar-refractivity contribution in [2.24, 2.45) is 4.99 Å². The van der Waals surface area contributed by atoms with Crippen molar-refractivity contribution in [2.45, 2.75) is 24.3 Å². The lowest BCUT2D eigenvalue weighted by Crippen LogP contribution is -2.28. The number of aromatic nitrogens is 1. The molecule has 0 aliphatic carbocycles. The monoisotopic (exact) mass is 325 g/mol. The highest BCUT2D eigenvalue weighted by molar-refractivity contribution is 8.14. The van der Waals surface area contributed by atoms with Gasteiger partial charge in [-0.2, -0.15) is 0 Å². The minimum atomic E-state index is 0.0162. The van der Waals surface area contributed by atoms with Crippen LogP contribution in [0.25, 0.3) is 0 Å². The van der Waals surface area contributed by atoms with Crippen LogP contribution in [0.15, 0.2) is 53.7 Å². The van der Waals surface area contributed by atoms with E-state index in [0.717, 1.165) is 23.2 Å². The Labute approximate surface area is 140 Å². The number of hydrogen-bond acceptors (Lipinski definition) is 5. The second kappa shape index (κ2) is 5.89. The third kappa shape index (κ3) is 2.49. The molecule has 23 heavy (non-hydrogen) atoms. The highest BCUT2D eigenvalue weighted by Gasteiger charge is 2.44. The third-order valence-electron chi connectivity index (χ3n) is 4.34. The van der Waals surface area contributed by atoms with Crippen LogP contribution in [0.4, 0.5) is 0 Å². The van der Waals surface area contributed by atoms with Gasteiger partial charge in [-0.05, 0) is 18.2 Å². The lowest BCUT2D eigenvalue weighted by molar-refractivity contribution is 0.307. The van der Waals surface area contributed by atoms with Gasteiger partial charge in [0.25, 0.3) is 0 Å². The summed E-state index contributed by atoms with van der Waals surface area (Å²) in [6, 6.07) is 14.4. The molecule has 0 unspecified atom stereocenters. The molecular weight excluding hydrogens is 306 g/mol. The predicted octanol–water partition coefficient (Wildman–Crippen LogP) is 3.68. The predicted molar refractivity (Wildman–Crippen MR) is 93.9 cm³/mol. The summed E-state index contributed by atoms with van der Waals surface area (Å²) in [6.07, 6.45) is 1.84. The van der Waals surface area contributed by atoms with E-state index < -0.39 is 0 Å². The van der Waals surface area contributed by atoms with E-state index in [0.29, 0.717) is 5.25 Å². The number of benzene rings is 1. The lowest BCUT2D eigenvalue weighted by atomic mass is 9.95. The van der Waals surface area contributed by atoms with Crippen LogP contribution in [0.3, 0.4) is 0 Å². The zero-order valence-electron chi connectivity index (χ0n) is 13.2. The minimum absolute atomic E-state index is 0.0162. The van der Waals surface area contributed by atoms with Crippen LogP contribution in [0.1, 0.15) is 30.3 Å². The molecule has 3 heterocycles. The largest absolute Gasteiger partial charge is 0.496 e. The summed E-state index contributed by atoms with van der Waals surface area (Å²) >= 11 is 1.85. The molecule has 1 saturated heterocycles. The van der Waals surface area contributed by atoms with E-state index in [1.165, 1.54) is 5.56 Å². The fraction of sp³-hybridized carbons (Fsp3) is 0.333. The number of aliphatic imine (C=N–C) groups is 1. The molecule has 118 valence electrons. The first-order chi connectivity index (χ1) is 11.3. The van der Waals surface area contributed by atoms with E-state index in [1.54, 1.807) is 7.11 Å². The molecule has 1 aromatic carbocycles. The number of nitrogens with zero attached hydrogens (tertiary/aromatic N) is 3. The number of para-hydroxylation sites is 1. The van der Waals surface area contributed by atoms with E-state index in [2.05, 4.69) is 35.0 Å². The van der Waals surface area contributed by atoms with Crippen molar-refractivity contribution < 1.29 is 4.74 Å². The van der Waals surface area contributed by atoms with Gasteiger partial charge in [0, 0.05) is 23.6 Å². The smallest absolute Gasteiger partial charge is 0.160 e. The molecule has 4 rings (SSSR count). The van der Waals surface area contributed by atoms with Gasteiger partial charge in [0.1, 0.15) is 11.8 Å². The molecule has 4 nitrogen and oxygen atoms in total. The zero-order chi connectivity index (χ0) is 15.8. The Kier molecular flexibility index (Phi) is 3.73. The summed E-state index contributed by atoms with van der Waals surface area (Å²) in [4.78, 5) is 12.0. The maximum Gasteiger partial charge on any atom is 0.160 e. The van der Waals surface area contributed by atoms with Crippen molar-refractivity contribution in [1.82, 2.24) is 9.88 Å². The first-order valence-corrected chi connectivity index (χ1v) is 8.71. The van der Waals surface area contributed by atoms with Crippen molar-refractivity contribution >= 4 is 16.9 Å². The van der Waals surface area contributed by atoms with Crippen molar-refractivity contribution in [3.63, 3.8) is 0 Å². The van der Waals surface area contributed by atoms with Crippen LogP contribution >= 0.6 is 11.8 Å². The highest BCUT2D eigenvalue weighted by atomic mass is 32.2. The van der Waals surface area contributed by atoms with Crippen molar-refractivity contribution in [1.29, 1.82) is 0 Å². The highest BCUT2D eigenvalue weighted by Crippen LogP contribution is 2.49. The summed E-state index contributed by atoms with van der Waals surface area (Å²) in [6.45, 7) is 3.26. The van der Waals surface area contributed by atoms with Gasteiger partial charge in [0.2, 0.25) is 0 Å². The van der Waals surface area contributed by atoms with Crippen LogP contribution in [0.5, 0.6) is 5.75 Å². The van der Waals surface area contributed by atoms with E-state index in [1.807, 2.05) is 42.2 Å². The third-order valence-corrected chi connectivity index (χ3v) is 5.44. The Hall–Kier alpha value is -2.01. The van der Waals surface area contributed by atoms with Gasteiger partial charge < -0.3 is 9.64 Å². The lowest BCUT2D eigenvalue weighted by Gasteiger charge is -2.28. The Bertz CT molecular complexity index is 734. The maximum atomic E-state index is 5.61. The van der Waals surface area contributed by atoms with Crippen molar-refractivity contribution in [3.8, 4) is 5.75 Å². The van der Waals surface area contributed by atoms with Crippen molar-refractivity contribution in [2.75, 3.05) is 13.7 Å². The first kappa shape index (κ1) is 14.6. The summed E-state index contributed by atoms with van der Waals surface area (Å²) in [7, 11) is 1.73. The second-order valence-corrected chi connectivity index (χ2v) is 7.28. The first-order valence-electron chi connectivity index (χ1n) is 7.83. The summed E-state index contributed by atoms with van der Waals surface area (Å²) < 4.78 is 5.61. The number of thioether (sulfide) groups is 1. The van der Waals surface area contributed by atoms with Crippen LogP contribution in [-0.2, 0) is 0 Å².